The molecule has 164 valence electrons. The maximum absolute atomic E-state index is 5.83. The van der Waals surface area contributed by atoms with Crippen molar-refractivity contribution in [2.24, 2.45) is 10.2 Å². The van der Waals surface area contributed by atoms with Crippen LogP contribution >= 0.6 is 11.3 Å². The smallest absolute Gasteiger partial charge is 0.195 e. The number of rotatable bonds is 8. The van der Waals surface area contributed by atoms with Crippen molar-refractivity contribution < 1.29 is 14.2 Å². The van der Waals surface area contributed by atoms with Crippen molar-refractivity contribution in [1.82, 2.24) is 9.97 Å². The molecule has 4 aromatic rings. The highest BCUT2D eigenvalue weighted by atomic mass is 32.1. The number of azo groups is 1. The lowest BCUT2D eigenvalue weighted by Gasteiger charge is -2.09. The van der Waals surface area contributed by atoms with Gasteiger partial charge < -0.3 is 14.2 Å². The Morgan fingerprint density at radius 1 is 1.00 bits per heavy atom. The summed E-state index contributed by atoms with van der Waals surface area (Å²) in [6.45, 7) is 5.02. The minimum absolute atomic E-state index is 0.364. The molecule has 0 aliphatic heterocycles. The minimum atomic E-state index is 0.364. The highest BCUT2D eigenvalue weighted by molar-refractivity contribution is 7.23. The van der Waals surface area contributed by atoms with Crippen LogP contribution in [0, 0.1) is 6.92 Å². The first-order valence-corrected chi connectivity index (χ1v) is 11.0. The van der Waals surface area contributed by atoms with Crippen molar-refractivity contribution >= 4 is 27.4 Å². The van der Waals surface area contributed by atoms with Crippen LogP contribution < -0.4 is 14.2 Å². The highest BCUT2D eigenvalue weighted by Crippen LogP contribution is 2.43. The predicted octanol–water partition coefficient (Wildman–Crippen LogP) is 6.37. The third kappa shape index (κ3) is 4.27. The van der Waals surface area contributed by atoms with E-state index in [1.807, 2.05) is 43.3 Å². The van der Waals surface area contributed by atoms with Gasteiger partial charge in [-0.2, -0.15) is 5.11 Å². The normalized spacial score (nSPS) is 11.2. The van der Waals surface area contributed by atoms with E-state index in [0.717, 1.165) is 43.3 Å². The van der Waals surface area contributed by atoms with Gasteiger partial charge in [0.2, 0.25) is 0 Å². The van der Waals surface area contributed by atoms with Gasteiger partial charge in [0.1, 0.15) is 28.3 Å². The fourth-order valence-electron chi connectivity index (χ4n) is 3.44. The van der Waals surface area contributed by atoms with Gasteiger partial charge in [0, 0.05) is 22.1 Å². The van der Waals surface area contributed by atoms with Gasteiger partial charge in [-0.3, -0.25) is 0 Å². The van der Waals surface area contributed by atoms with E-state index in [9.17, 15) is 0 Å². The second-order valence-corrected chi connectivity index (χ2v) is 7.96. The Morgan fingerprint density at radius 3 is 2.62 bits per heavy atom. The van der Waals surface area contributed by atoms with E-state index in [0.29, 0.717) is 24.7 Å². The number of aromatic nitrogens is 2. The van der Waals surface area contributed by atoms with E-state index < -0.39 is 0 Å². The molecule has 2 aromatic heterocycles. The molecule has 0 N–H and O–H groups in total. The number of thiophene rings is 1. The van der Waals surface area contributed by atoms with Crippen molar-refractivity contribution in [3.8, 4) is 27.7 Å². The summed E-state index contributed by atoms with van der Waals surface area (Å²) in [4.78, 5) is 9.97. The summed E-state index contributed by atoms with van der Waals surface area (Å²) in [6.07, 6.45) is 1.53. The van der Waals surface area contributed by atoms with Gasteiger partial charge in [0.15, 0.2) is 5.82 Å². The minimum Gasteiger partial charge on any atom is -0.497 e. The number of benzene rings is 2. The largest absolute Gasteiger partial charge is 0.497 e. The summed E-state index contributed by atoms with van der Waals surface area (Å²) >= 11 is 1.60. The van der Waals surface area contributed by atoms with Crippen molar-refractivity contribution in [3.05, 3.63) is 59.9 Å². The molecule has 0 saturated heterocycles. The molecular formula is C24H24N4O3S. The van der Waals surface area contributed by atoms with Crippen molar-refractivity contribution in [1.29, 1.82) is 0 Å². The van der Waals surface area contributed by atoms with E-state index in [1.54, 1.807) is 25.6 Å². The van der Waals surface area contributed by atoms with Crippen LogP contribution in [0.5, 0.6) is 17.2 Å². The summed E-state index contributed by atoms with van der Waals surface area (Å²) in [7, 11) is 3.25. The topological polar surface area (TPSA) is 78.2 Å². The molecule has 0 unspecified atom stereocenters. The first-order valence-electron chi connectivity index (χ1n) is 10.2. The molecule has 2 heterocycles. The molecule has 0 saturated carbocycles. The summed E-state index contributed by atoms with van der Waals surface area (Å²) in [6, 6.07) is 13.7. The average molecular weight is 449 g/mol. The quantitative estimate of drug-likeness (QED) is 0.293. The lowest BCUT2D eigenvalue weighted by molar-refractivity contribution is 0.341. The molecule has 4 rings (SSSR count). The van der Waals surface area contributed by atoms with Crippen molar-refractivity contribution in [2.75, 3.05) is 20.8 Å². The summed E-state index contributed by atoms with van der Waals surface area (Å²) < 4.78 is 17.4. The number of hydrogen-bond donors (Lipinski definition) is 0. The number of hydrogen-bond acceptors (Lipinski definition) is 8. The lowest BCUT2D eigenvalue weighted by Crippen LogP contribution is -1.93. The molecule has 7 nitrogen and oxygen atoms in total. The van der Waals surface area contributed by atoms with Gasteiger partial charge in [-0.05, 0) is 43.7 Å². The lowest BCUT2D eigenvalue weighted by atomic mass is 10.1. The van der Waals surface area contributed by atoms with Gasteiger partial charge in [0.05, 0.1) is 32.9 Å². The van der Waals surface area contributed by atoms with Crippen LogP contribution in [0.1, 0.15) is 18.1 Å². The number of nitrogens with zero attached hydrogens (tertiary/aromatic N) is 4. The van der Waals surface area contributed by atoms with E-state index in [-0.39, 0.29) is 0 Å². The van der Waals surface area contributed by atoms with Gasteiger partial charge in [0.25, 0.3) is 0 Å². The second kappa shape index (κ2) is 9.74. The van der Waals surface area contributed by atoms with Crippen LogP contribution in [0.4, 0.5) is 5.82 Å². The van der Waals surface area contributed by atoms with E-state index in [1.165, 1.54) is 6.33 Å². The number of fused-ring (bicyclic) bond motifs is 1. The molecule has 2 aromatic carbocycles. The monoisotopic (exact) mass is 448 g/mol. The Balaban J connectivity index is 1.68. The molecule has 32 heavy (non-hydrogen) atoms. The van der Waals surface area contributed by atoms with Crippen LogP contribution in [0.25, 0.3) is 20.7 Å². The van der Waals surface area contributed by atoms with Crippen molar-refractivity contribution in [3.63, 3.8) is 0 Å². The van der Waals surface area contributed by atoms with E-state index in [4.69, 9.17) is 14.2 Å². The SMILES string of the molecule is CCOc1ccccc1-c1sc2c(N=NCc3ccc(OC)cc3OC)ncnc2c1C. The molecule has 0 aliphatic carbocycles. The standard InChI is InChI=1S/C24H24N4O3S/c1-5-31-19-9-7-6-8-18(19)22-15(2)21-23(32-22)24(26-14-25-21)28-27-13-16-10-11-17(29-3)12-20(16)30-4/h6-12,14H,5,13H2,1-4H3. The summed E-state index contributed by atoms with van der Waals surface area (Å²) in [5.74, 6) is 2.84. The Hall–Kier alpha value is -3.52. The Morgan fingerprint density at radius 2 is 1.84 bits per heavy atom. The molecule has 0 radical (unpaired) electrons. The van der Waals surface area contributed by atoms with E-state index in [2.05, 4.69) is 33.2 Å². The average Bonchev–Trinajstić information content (AvgIpc) is 3.17. The fraction of sp³-hybridized carbons (Fsp3) is 0.250. The summed E-state index contributed by atoms with van der Waals surface area (Å²) in [5.41, 5.74) is 3.91. The van der Waals surface area contributed by atoms with Crippen LogP contribution in [-0.4, -0.2) is 30.8 Å². The maximum Gasteiger partial charge on any atom is 0.195 e. The van der Waals surface area contributed by atoms with E-state index >= 15 is 0 Å². The zero-order chi connectivity index (χ0) is 22.5. The molecule has 0 fully saturated rings. The Bertz CT molecular complexity index is 1270. The van der Waals surface area contributed by atoms with Gasteiger partial charge >= 0.3 is 0 Å². The van der Waals surface area contributed by atoms with Gasteiger partial charge in [-0.15, -0.1) is 16.5 Å². The van der Waals surface area contributed by atoms with Crippen LogP contribution in [0.3, 0.4) is 0 Å². The number of methoxy groups -OCH3 is 2. The molecule has 8 heteroatoms. The molecule has 0 bridgehead atoms. The Labute approximate surface area is 190 Å². The number of aryl methyl sites for hydroxylation is 1. The first kappa shape index (κ1) is 21.7. The molecule has 0 amide bonds. The Kier molecular flexibility index (Phi) is 6.61. The first-order chi connectivity index (χ1) is 15.7. The number of para-hydroxylation sites is 1. The molecule has 0 aliphatic rings. The maximum atomic E-state index is 5.83. The van der Waals surface area contributed by atoms with Crippen LogP contribution in [0.15, 0.2) is 59.0 Å². The van der Waals surface area contributed by atoms with Crippen LogP contribution in [-0.2, 0) is 6.54 Å². The highest BCUT2D eigenvalue weighted by Gasteiger charge is 2.17. The zero-order valence-corrected chi connectivity index (χ0v) is 19.3. The second-order valence-electron chi connectivity index (χ2n) is 6.94. The predicted molar refractivity (Wildman–Crippen MR) is 127 cm³/mol. The van der Waals surface area contributed by atoms with Gasteiger partial charge in [-0.1, -0.05) is 12.1 Å². The number of ether oxygens (including phenoxy) is 3. The molecule has 0 atom stereocenters. The molecular weight excluding hydrogens is 424 g/mol. The van der Waals surface area contributed by atoms with Gasteiger partial charge in [-0.25, -0.2) is 9.97 Å². The third-order valence-corrected chi connectivity index (χ3v) is 6.33. The van der Waals surface area contributed by atoms with Crippen molar-refractivity contribution in [2.45, 2.75) is 20.4 Å². The fourth-order valence-corrected chi connectivity index (χ4v) is 4.66. The van der Waals surface area contributed by atoms with Crippen LogP contribution in [0.2, 0.25) is 0 Å². The molecule has 0 spiro atoms. The summed E-state index contributed by atoms with van der Waals surface area (Å²) in [5, 5.41) is 8.80. The zero-order valence-electron chi connectivity index (χ0n) is 18.5. The third-order valence-electron chi connectivity index (χ3n) is 5.02.